The molecule has 1 N–H and O–H groups in total. The van der Waals surface area contributed by atoms with E-state index in [1.54, 1.807) is 23.0 Å². The van der Waals surface area contributed by atoms with Gasteiger partial charge in [0.1, 0.15) is 6.33 Å². The molecule has 6 heteroatoms. The highest BCUT2D eigenvalue weighted by Crippen LogP contribution is 2.21. The van der Waals surface area contributed by atoms with E-state index in [4.69, 9.17) is 0 Å². The van der Waals surface area contributed by atoms with Crippen molar-refractivity contribution in [3.8, 4) is 0 Å². The minimum Gasteiger partial charge on any atom is -0.331 e. The fraction of sp³-hybridized carbons (Fsp3) is 0.312. The van der Waals surface area contributed by atoms with E-state index in [0.717, 1.165) is 13.0 Å². The highest BCUT2D eigenvalue weighted by molar-refractivity contribution is 5.76. The normalized spacial score (nSPS) is 14.6. The van der Waals surface area contributed by atoms with Crippen LogP contribution in [0.4, 0.5) is 4.79 Å². The summed E-state index contributed by atoms with van der Waals surface area (Å²) in [5, 5.41) is 7.00. The number of hydrogen-bond donors (Lipinski definition) is 1. The molecule has 3 rings (SSSR count). The van der Waals surface area contributed by atoms with Crippen molar-refractivity contribution in [1.82, 2.24) is 25.0 Å². The van der Waals surface area contributed by atoms with Gasteiger partial charge in [-0.2, -0.15) is 5.10 Å². The van der Waals surface area contributed by atoms with Crippen molar-refractivity contribution in [1.29, 1.82) is 0 Å². The Balaban J connectivity index is 1.54. The minimum atomic E-state index is -0.0733. The molecule has 2 aromatic rings. The smallest absolute Gasteiger partial charge is 0.318 e. The fourth-order valence-corrected chi connectivity index (χ4v) is 2.50. The molecule has 0 fully saturated rings. The number of carbonyl (C=O) groups is 1. The molecule has 22 heavy (non-hydrogen) atoms. The van der Waals surface area contributed by atoms with Crippen molar-refractivity contribution < 1.29 is 4.79 Å². The van der Waals surface area contributed by atoms with Gasteiger partial charge < -0.3 is 10.2 Å². The summed E-state index contributed by atoms with van der Waals surface area (Å²) in [5.74, 6) is 0.619. The van der Waals surface area contributed by atoms with E-state index in [9.17, 15) is 4.79 Å². The molecule has 0 spiro atoms. The number of carbonyl (C=O) groups excluding carboxylic acids is 1. The molecule has 0 saturated heterocycles. The maximum atomic E-state index is 12.1. The first-order chi connectivity index (χ1) is 10.7. The quantitative estimate of drug-likeness (QED) is 0.940. The lowest BCUT2D eigenvalue weighted by molar-refractivity contribution is 0.202. The van der Waals surface area contributed by atoms with Crippen LogP contribution in [-0.2, 0) is 13.6 Å². The average Bonchev–Trinajstić information content (AvgIpc) is 2.99. The van der Waals surface area contributed by atoms with Crippen LogP contribution < -0.4 is 5.32 Å². The monoisotopic (exact) mass is 297 g/mol. The first-order valence-electron chi connectivity index (χ1n) is 7.34. The molecule has 1 aliphatic heterocycles. The second kappa shape index (κ2) is 6.43. The van der Waals surface area contributed by atoms with E-state index in [1.807, 2.05) is 18.2 Å². The van der Waals surface area contributed by atoms with Gasteiger partial charge in [-0.1, -0.05) is 36.4 Å². The Labute approximate surface area is 129 Å². The van der Waals surface area contributed by atoms with Crippen LogP contribution in [0.3, 0.4) is 0 Å². The highest BCUT2D eigenvalue weighted by Gasteiger charge is 2.17. The third kappa shape index (κ3) is 3.33. The van der Waals surface area contributed by atoms with Crippen molar-refractivity contribution in [2.75, 3.05) is 13.1 Å². The first-order valence-corrected chi connectivity index (χ1v) is 7.34. The van der Waals surface area contributed by atoms with Crippen molar-refractivity contribution in [3.05, 3.63) is 54.1 Å². The largest absolute Gasteiger partial charge is 0.331 e. The fourth-order valence-electron chi connectivity index (χ4n) is 2.50. The van der Waals surface area contributed by atoms with Gasteiger partial charge in [0.05, 0.1) is 6.54 Å². The number of rotatable bonds is 3. The maximum absolute atomic E-state index is 12.1. The lowest BCUT2D eigenvalue weighted by Crippen LogP contribution is -2.41. The predicted octanol–water partition coefficient (Wildman–Crippen LogP) is 1.81. The Kier molecular flexibility index (Phi) is 4.18. The molecule has 0 radical (unpaired) electrons. The third-order valence-corrected chi connectivity index (χ3v) is 3.69. The van der Waals surface area contributed by atoms with E-state index >= 15 is 0 Å². The van der Waals surface area contributed by atoms with Crippen LogP contribution in [0.1, 0.15) is 17.8 Å². The number of nitrogens with zero attached hydrogens (tertiary/aromatic N) is 4. The Morgan fingerprint density at radius 2 is 2.14 bits per heavy atom. The number of hydrogen-bond acceptors (Lipinski definition) is 3. The van der Waals surface area contributed by atoms with Gasteiger partial charge in [-0.05, 0) is 17.6 Å². The molecule has 2 heterocycles. The van der Waals surface area contributed by atoms with Crippen LogP contribution in [-0.4, -0.2) is 38.8 Å². The zero-order chi connectivity index (χ0) is 15.4. The van der Waals surface area contributed by atoms with Crippen LogP contribution >= 0.6 is 0 Å². The van der Waals surface area contributed by atoms with Crippen molar-refractivity contribution in [2.24, 2.45) is 7.05 Å². The van der Waals surface area contributed by atoms with Crippen LogP contribution in [0, 0.1) is 0 Å². The number of nitrogens with one attached hydrogen (secondary N) is 1. The van der Waals surface area contributed by atoms with Gasteiger partial charge in [0, 0.05) is 20.1 Å². The summed E-state index contributed by atoms with van der Waals surface area (Å²) in [4.78, 5) is 18.0. The van der Waals surface area contributed by atoms with E-state index in [1.165, 1.54) is 11.1 Å². The van der Waals surface area contributed by atoms with E-state index in [0.29, 0.717) is 18.9 Å². The molecule has 0 atom stereocenters. The Morgan fingerprint density at radius 3 is 2.77 bits per heavy atom. The SMILES string of the molecule is Cn1cnc(CNC(=O)N2CC=C(c3ccccc3)CC2)n1. The average molecular weight is 297 g/mol. The van der Waals surface area contributed by atoms with Gasteiger partial charge in [-0.25, -0.2) is 9.78 Å². The number of amides is 2. The van der Waals surface area contributed by atoms with Crippen molar-refractivity contribution in [2.45, 2.75) is 13.0 Å². The van der Waals surface area contributed by atoms with Crippen LogP contribution in [0.15, 0.2) is 42.7 Å². The van der Waals surface area contributed by atoms with Gasteiger partial charge >= 0.3 is 6.03 Å². The summed E-state index contributed by atoms with van der Waals surface area (Å²) >= 11 is 0. The topological polar surface area (TPSA) is 63.1 Å². The zero-order valence-electron chi connectivity index (χ0n) is 12.6. The first kappa shape index (κ1) is 14.3. The van der Waals surface area contributed by atoms with Crippen LogP contribution in [0.2, 0.25) is 0 Å². The molecule has 1 aromatic carbocycles. The number of urea groups is 1. The van der Waals surface area contributed by atoms with Crippen molar-refractivity contribution >= 4 is 11.6 Å². The summed E-state index contributed by atoms with van der Waals surface area (Å²) in [6.45, 7) is 1.71. The molecule has 2 amide bonds. The summed E-state index contributed by atoms with van der Waals surface area (Å²) in [6.07, 6.45) is 4.62. The second-order valence-corrected chi connectivity index (χ2v) is 5.28. The van der Waals surface area contributed by atoms with Gasteiger partial charge in [0.2, 0.25) is 0 Å². The lowest BCUT2D eigenvalue weighted by atomic mass is 10.00. The third-order valence-electron chi connectivity index (χ3n) is 3.69. The molecule has 0 bridgehead atoms. The molecular weight excluding hydrogens is 278 g/mol. The van der Waals surface area contributed by atoms with E-state index in [2.05, 4.69) is 33.6 Å². The Hall–Kier alpha value is -2.63. The van der Waals surface area contributed by atoms with Gasteiger partial charge in [0.25, 0.3) is 0 Å². The van der Waals surface area contributed by atoms with Gasteiger partial charge in [0.15, 0.2) is 5.82 Å². The Morgan fingerprint density at radius 1 is 1.32 bits per heavy atom. The molecule has 0 aliphatic carbocycles. The van der Waals surface area contributed by atoms with Gasteiger partial charge in [-0.3, -0.25) is 4.68 Å². The maximum Gasteiger partial charge on any atom is 0.318 e. The summed E-state index contributed by atoms with van der Waals surface area (Å²) in [7, 11) is 1.80. The summed E-state index contributed by atoms with van der Waals surface area (Å²) < 4.78 is 1.62. The lowest BCUT2D eigenvalue weighted by Gasteiger charge is -2.26. The molecule has 6 nitrogen and oxygen atoms in total. The number of benzene rings is 1. The zero-order valence-corrected chi connectivity index (χ0v) is 12.6. The standard InChI is InChI=1S/C16H19N5O/c1-20-12-18-15(19-20)11-17-16(22)21-9-7-14(8-10-21)13-5-3-2-4-6-13/h2-7,12H,8-11H2,1H3,(H,17,22). The molecule has 114 valence electrons. The minimum absolute atomic E-state index is 0.0733. The molecule has 0 saturated carbocycles. The predicted molar refractivity (Wildman–Crippen MR) is 83.8 cm³/mol. The van der Waals surface area contributed by atoms with E-state index in [-0.39, 0.29) is 6.03 Å². The van der Waals surface area contributed by atoms with Crippen LogP contribution in [0.5, 0.6) is 0 Å². The van der Waals surface area contributed by atoms with Gasteiger partial charge in [-0.15, -0.1) is 0 Å². The number of aryl methyl sites for hydroxylation is 1. The van der Waals surface area contributed by atoms with Crippen molar-refractivity contribution in [3.63, 3.8) is 0 Å². The second-order valence-electron chi connectivity index (χ2n) is 5.28. The summed E-state index contributed by atoms with van der Waals surface area (Å²) in [5.41, 5.74) is 2.54. The molecule has 1 aliphatic rings. The van der Waals surface area contributed by atoms with Crippen LogP contribution in [0.25, 0.3) is 5.57 Å². The highest BCUT2D eigenvalue weighted by atomic mass is 16.2. The molecule has 0 unspecified atom stereocenters. The van der Waals surface area contributed by atoms with E-state index < -0.39 is 0 Å². The summed E-state index contributed by atoms with van der Waals surface area (Å²) in [6, 6.07) is 10.2. The number of aromatic nitrogens is 3. The molecule has 1 aromatic heterocycles. The Bertz CT molecular complexity index is 677. The molecular formula is C16H19N5O.